The second-order valence-electron chi connectivity index (χ2n) is 5.47. The lowest BCUT2D eigenvalue weighted by Gasteiger charge is -2.40. The summed E-state index contributed by atoms with van der Waals surface area (Å²) < 4.78 is 10.9. The standard InChI is InChI=1S/C14H17NO5/c16-12(11-7-10(8-19-11)13(17)18)15-5-6-20-14(9-15)3-1-2-4-14/h7-8H,1-6,9H2,(H,17,18). The van der Waals surface area contributed by atoms with Gasteiger partial charge in [-0.25, -0.2) is 4.79 Å². The third-order valence-corrected chi connectivity index (χ3v) is 4.11. The molecule has 1 spiro atoms. The summed E-state index contributed by atoms with van der Waals surface area (Å²) in [5.74, 6) is -1.27. The lowest BCUT2D eigenvalue weighted by Crippen LogP contribution is -2.52. The fourth-order valence-electron chi connectivity index (χ4n) is 3.06. The minimum Gasteiger partial charge on any atom is -0.478 e. The van der Waals surface area contributed by atoms with Gasteiger partial charge in [-0.05, 0) is 12.8 Å². The lowest BCUT2D eigenvalue weighted by molar-refractivity contribution is -0.0952. The number of carboxylic acids is 1. The number of ether oxygens (including phenoxy) is 1. The van der Waals surface area contributed by atoms with Gasteiger partial charge < -0.3 is 19.2 Å². The molecule has 108 valence electrons. The van der Waals surface area contributed by atoms with Gasteiger partial charge in [-0.3, -0.25) is 4.79 Å². The molecular formula is C14H17NO5. The molecule has 6 nitrogen and oxygen atoms in total. The van der Waals surface area contributed by atoms with E-state index < -0.39 is 5.97 Å². The smallest absolute Gasteiger partial charge is 0.338 e. The highest BCUT2D eigenvalue weighted by Gasteiger charge is 2.41. The Labute approximate surface area is 116 Å². The van der Waals surface area contributed by atoms with Crippen LogP contribution >= 0.6 is 0 Å². The van der Waals surface area contributed by atoms with Crippen LogP contribution in [-0.4, -0.2) is 47.2 Å². The molecule has 1 N–H and O–H groups in total. The Morgan fingerprint density at radius 1 is 1.30 bits per heavy atom. The highest BCUT2D eigenvalue weighted by molar-refractivity contribution is 5.95. The van der Waals surface area contributed by atoms with Crippen molar-refractivity contribution in [3.8, 4) is 0 Å². The van der Waals surface area contributed by atoms with Crippen LogP contribution in [0.4, 0.5) is 0 Å². The SMILES string of the molecule is O=C(O)c1coc(C(=O)N2CCOC3(CCCC3)C2)c1. The van der Waals surface area contributed by atoms with Crippen molar-refractivity contribution in [2.75, 3.05) is 19.7 Å². The van der Waals surface area contributed by atoms with Crippen LogP contribution in [0.1, 0.15) is 46.6 Å². The van der Waals surface area contributed by atoms with E-state index in [1.807, 2.05) is 0 Å². The van der Waals surface area contributed by atoms with Gasteiger partial charge in [-0.2, -0.15) is 0 Å². The molecule has 1 aromatic rings. The maximum atomic E-state index is 12.4. The van der Waals surface area contributed by atoms with Gasteiger partial charge in [0, 0.05) is 12.6 Å². The van der Waals surface area contributed by atoms with Gasteiger partial charge in [0.2, 0.25) is 0 Å². The van der Waals surface area contributed by atoms with E-state index in [-0.39, 0.29) is 22.8 Å². The van der Waals surface area contributed by atoms with E-state index in [0.29, 0.717) is 19.7 Å². The molecule has 1 aliphatic carbocycles. The summed E-state index contributed by atoms with van der Waals surface area (Å²) in [7, 11) is 0. The van der Waals surface area contributed by atoms with E-state index in [2.05, 4.69) is 0 Å². The Kier molecular flexibility index (Phi) is 3.25. The maximum Gasteiger partial charge on any atom is 0.338 e. The van der Waals surface area contributed by atoms with E-state index in [0.717, 1.165) is 31.9 Å². The zero-order valence-electron chi connectivity index (χ0n) is 11.1. The molecule has 1 aromatic heterocycles. The van der Waals surface area contributed by atoms with Crippen LogP contribution < -0.4 is 0 Å². The number of amides is 1. The fraction of sp³-hybridized carbons (Fsp3) is 0.571. The van der Waals surface area contributed by atoms with Gasteiger partial charge in [0.25, 0.3) is 5.91 Å². The van der Waals surface area contributed by atoms with Crippen LogP contribution in [0.15, 0.2) is 16.7 Å². The van der Waals surface area contributed by atoms with Crippen molar-refractivity contribution in [2.45, 2.75) is 31.3 Å². The molecule has 2 aliphatic rings. The summed E-state index contributed by atoms with van der Waals surface area (Å²) in [6, 6.07) is 1.28. The Bertz CT molecular complexity index is 529. The Hall–Kier alpha value is -1.82. The zero-order chi connectivity index (χ0) is 14.2. The average Bonchev–Trinajstić information content (AvgIpc) is 3.08. The van der Waals surface area contributed by atoms with Gasteiger partial charge >= 0.3 is 5.97 Å². The predicted octanol–water partition coefficient (Wildman–Crippen LogP) is 1.76. The van der Waals surface area contributed by atoms with Crippen molar-refractivity contribution in [3.05, 3.63) is 23.7 Å². The summed E-state index contributed by atoms with van der Waals surface area (Å²) >= 11 is 0. The average molecular weight is 279 g/mol. The van der Waals surface area contributed by atoms with E-state index in [1.165, 1.54) is 6.07 Å². The van der Waals surface area contributed by atoms with Crippen molar-refractivity contribution in [3.63, 3.8) is 0 Å². The zero-order valence-corrected chi connectivity index (χ0v) is 11.1. The molecule has 6 heteroatoms. The number of carbonyl (C=O) groups is 2. The molecule has 0 aromatic carbocycles. The van der Waals surface area contributed by atoms with Crippen molar-refractivity contribution in [1.29, 1.82) is 0 Å². The molecule has 1 aliphatic heterocycles. The van der Waals surface area contributed by atoms with Gasteiger partial charge in [0.1, 0.15) is 6.26 Å². The second-order valence-corrected chi connectivity index (χ2v) is 5.47. The minimum atomic E-state index is -1.10. The molecule has 3 rings (SSSR count). The first-order chi connectivity index (χ1) is 9.60. The quantitative estimate of drug-likeness (QED) is 0.892. The van der Waals surface area contributed by atoms with Crippen LogP contribution in [0.2, 0.25) is 0 Å². The molecular weight excluding hydrogens is 262 g/mol. The lowest BCUT2D eigenvalue weighted by atomic mass is 9.99. The number of carboxylic acid groups (broad SMARTS) is 1. The normalized spacial score (nSPS) is 21.3. The fourth-order valence-corrected chi connectivity index (χ4v) is 3.06. The molecule has 2 heterocycles. The van der Waals surface area contributed by atoms with Crippen LogP contribution in [0, 0.1) is 0 Å². The monoisotopic (exact) mass is 279 g/mol. The molecule has 1 saturated heterocycles. The van der Waals surface area contributed by atoms with E-state index >= 15 is 0 Å². The van der Waals surface area contributed by atoms with Crippen LogP contribution in [0.5, 0.6) is 0 Å². The molecule has 0 unspecified atom stereocenters. The molecule has 2 fully saturated rings. The summed E-state index contributed by atoms with van der Waals surface area (Å²) in [6.07, 6.45) is 5.32. The number of morpholine rings is 1. The van der Waals surface area contributed by atoms with Crippen molar-refractivity contribution >= 4 is 11.9 Å². The molecule has 1 amide bonds. The first-order valence-electron chi connectivity index (χ1n) is 6.85. The predicted molar refractivity (Wildman–Crippen MR) is 68.7 cm³/mol. The van der Waals surface area contributed by atoms with Gasteiger partial charge in [0.15, 0.2) is 5.76 Å². The molecule has 20 heavy (non-hydrogen) atoms. The molecule has 0 atom stereocenters. The van der Waals surface area contributed by atoms with E-state index in [1.54, 1.807) is 4.90 Å². The second kappa shape index (κ2) is 4.94. The van der Waals surface area contributed by atoms with Crippen LogP contribution in [0.3, 0.4) is 0 Å². The number of nitrogens with zero attached hydrogens (tertiary/aromatic N) is 1. The Morgan fingerprint density at radius 3 is 2.70 bits per heavy atom. The van der Waals surface area contributed by atoms with Gasteiger partial charge in [-0.15, -0.1) is 0 Å². The third-order valence-electron chi connectivity index (χ3n) is 4.11. The van der Waals surface area contributed by atoms with Crippen molar-refractivity contribution in [2.24, 2.45) is 0 Å². The number of hydrogen-bond donors (Lipinski definition) is 1. The van der Waals surface area contributed by atoms with E-state index in [9.17, 15) is 9.59 Å². The summed E-state index contributed by atoms with van der Waals surface area (Å²) in [6.45, 7) is 1.61. The topological polar surface area (TPSA) is 80.0 Å². The highest BCUT2D eigenvalue weighted by atomic mass is 16.5. The molecule has 0 bridgehead atoms. The number of rotatable bonds is 2. The third kappa shape index (κ3) is 2.31. The number of aromatic carboxylic acids is 1. The Morgan fingerprint density at radius 2 is 2.05 bits per heavy atom. The summed E-state index contributed by atoms with van der Waals surface area (Å²) in [5.41, 5.74) is -0.201. The van der Waals surface area contributed by atoms with Gasteiger partial charge in [0.05, 0.1) is 24.3 Å². The highest BCUT2D eigenvalue weighted by Crippen LogP contribution is 2.36. The minimum absolute atomic E-state index is 0.00260. The van der Waals surface area contributed by atoms with Crippen LogP contribution in [0.25, 0.3) is 0 Å². The summed E-state index contributed by atoms with van der Waals surface area (Å²) in [4.78, 5) is 24.9. The van der Waals surface area contributed by atoms with Crippen molar-refractivity contribution in [1.82, 2.24) is 4.90 Å². The number of furan rings is 1. The maximum absolute atomic E-state index is 12.4. The summed E-state index contributed by atoms with van der Waals surface area (Å²) in [5, 5.41) is 8.85. The largest absolute Gasteiger partial charge is 0.478 e. The number of carbonyl (C=O) groups excluding carboxylic acids is 1. The Balaban J connectivity index is 1.74. The van der Waals surface area contributed by atoms with Crippen LogP contribution in [-0.2, 0) is 4.74 Å². The van der Waals surface area contributed by atoms with Crippen molar-refractivity contribution < 1.29 is 23.8 Å². The van der Waals surface area contributed by atoms with Gasteiger partial charge in [-0.1, -0.05) is 12.8 Å². The number of hydrogen-bond acceptors (Lipinski definition) is 4. The first-order valence-corrected chi connectivity index (χ1v) is 6.85. The molecule has 1 saturated carbocycles. The first kappa shape index (κ1) is 13.2. The van der Waals surface area contributed by atoms with E-state index in [4.69, 9.17) is 14.3 Å². The molecule has 0 radical (unpaired) electrons.